The standard InChI is InChI=1S/C17H17N3O3S/c1-12-7-3-5-9-14(12)18-16(21)11-20(2)17-13-8-4-6-10-15(13)24(22,23)19-17/h3-10H,11H2,1-2H3,(H,18,21). The van der Waals surface area contributed by atoms with Crippen LogP contribution in [0.4, 0.5) is 5.69 Å². The van der Waals surface area contributed by atoms with Crippen LogP contribution in [0.15, 0.2) is 57.8 Å². The molecule has 124 valence electrons. The Labute approximate surface area is 140 Å². The summed E-state index contributed by atoms with van der Waals surface area (Å²) in [6.07, 6.45) is 0. The van der Waals surface area contributed by atoms with E-state index in [0.717, 1.165) is 11.3 Å². The normalized spacial score (nSPS) is 14.7. The van der Waals surface area contributed by atoms with Gasteiger partial charge in [-0.3, -0.25) is 4.79 Å². The number of hydrogen-bond donors (Lipinski definition) is 1. The van der Waals surface area contributed by atoms with Crippen LogP contribution in [0, 0.1) is 6.92 Å². The maximum absolute atomic E-state index is 12.2. The first-order chi connectivity index (χ1) is 11.4. The number of carbonyl (C=O) groups excluding carboxylic acids is 1. The molecule has 3 rings (SSSR count). The fraction of sp³-hybridized carbons (Fsp3) is 0.176. The number of aryl methyl sites for hydroxylation is 1. The molecule has 7 heteroatoms. The molecule has 0 aliphatic carbocycles. The predicted octanol–water partition coefficient (Wildman–Crippen LogP) is 2.01. The Hall–Kier alpha value is -2.67. The van der Waals surface area contributed by atoms with E-state index in [1.807, 2.05) is 31.2 Å². The van der Waals surface area contributed by atoms with Crippen molar-refractivity contribution in [3.8, 4) is 0 Å². The first kappa shape index (κ1) is 16.2. The SMILES string of the molecule is Cc1ccccc1NC(=O)CN(C)C1=NS(=O)(=O)c2ccccc21. The van der Waals surface area contributed by atoms with Crippen LogP contribution in [-0.4, -0.2) is 38.7 Å². The smallest absolute Gasteiger partial charge is 0.285 e. The third-order valence-corrected chi connectivity index (χ3v) is 5.10. The van der Waals surface area contributed by atoms with Gasteiger partial charge in [0.2, 0.25) is 5.91 Å². The summed E-state index contributed by atoms with van der Waals surface area (Å²) in [5, 5.41) is 2.82. The van der Waals surface area contributed by atoms with Crippen LogP contribution in [0.3, 0.4) is 0 Å². The number of amidine groups is 1. The number of fused-ring (bicyclic) bond motifs is 1. The van der Waals surface area contributed by atoms with Crippen LogP contribution >= 0.6 is 0 Å². The van der Waals surface area contributed by atoms with Crippen molar-refractivity contribution in [2.24, 2.45) is 4.40 Å². The minimum atomic E-state index is -3.69. The van der Waals surface area contributed by atoms with Crippen LogP contribution < -0.4 is 5.32 Å². The zero-order chi connectivity index (χ0) is 17.3. The largest absolute Gasteiger partial charge is 0.349 e. The molecule has 1 aliphatic heterocycles. The monoisotopic (exact) mass is 343 g/mol. The summed E-state index contributed by atoms with van der Waals surface area (Å²) < 4.78 is 27.9. The number of hydrogen-bond acceptors (Lipinski definition) is 4. The number of amides is 1. The highest BCUT2D eigenvalue weighted by atomic mass is 32.2. The maximum atomic E-state index is 12.2. The van der Waals surface area contributed by atoms with Crippen LogP contribution in [-0.2, 0) is 14.8 Å². The number of rotatable bonds is 3. The van der Waals surface area contributed by atoms with Crippen molar-refractivity contribution in [1.29, 1.82) is 0 Å². The summed E-state index contributed by atoms with van der Waals surface area (Å²) in [6.45, 7) is 1.90. The van der Waals surface area contributed by atoms with E-state index in [0.29, 0.717) is 5.56 Å². The molecule has 0 bridgehead atoms. The van der Waals surface area contributed by atoms with Crippen molar-refractivity contribution in [3.63, 3.8) is 0 Å². The van der Waals surface area contributed by atoms with E-state index >= 15 is 0 Å². The molecule has 0 unspecified atom stereocenters. The fourth-order valence-electron chi connectivity index (χ4n) is 2.56. The van der Waals surface area contributed by atoms with Gasteiger partial charge < -0.3 is 10.2 Å². The molecule has 0 spiro atoms. The summed E-state index contributed by atoms with van der Waals surface area (Å²) in [4.78, 5) is 14.0. The number of anilines is 1. The summed E-state index contributed by atoms with van der Waals surface area (Å²) in [7, 11) is -2.04. The summed E-state index contributed by atoms with van der Waals surface area (Å²) >= 11 is 0. The van der Waals surface area contributed by atoms with E-state index in [1.54, 1.807) is 25.2 Å². The van der Waals surface area contributed by atoms with Gasteiger partial charge in [-0.15, -0.1) is 4.40 Å². The number of carbonyl (C=O) groups is 1. The topological polar surface area (TPSA) is 78.8 Å². The van der Waals surface area contributed by atoms with E-state index in [1.165, 1.54) is 11.0 Å². The Kier molecular flexibility index (Phi) is 4.11. The molecule has 1 aliphatic rings. The lowest BCUT2D eigenvalue weighted by molar-refractivity contribution is -0.116. The van der Waals surface area contributed by atoms with Crippen LogP contribution in [0.2, 0.25) is 0 Å². The van der Waals surface area contributed by atoms with Gasteiger partial charge in [0.1, 0.15) is 4.90 Å². The van der Waals surface area contributed by atoms with Crippen molar-refractivity contribution in [2.75, 3.05) is 18.9 Å². The van der Waals surface area contributed by atoms with Gasteiger partial charge in [-0.25, -0.2) is 0 Å². The highest BCUT2D eigenvalue weighted by Crippen LogP contribution is 2.26. The van der Waals surface area contributed by atoms with Gasteiger partial charge >= 0.3 is 0 Å². The molecule has 0 atom stereocenters. The maximum Gasteiger partial charge on any atom is 0.285 e. The highest BCUT2D eigenvalue weighted by molar-refractivity contribution is 7.90. The van der Waals surface area contributed by atoms with Crippen molar-refractivity contribution in [2.45, 2.75) is 11.8 Å². The quantitative estimate of drug-likeness (QED) is 0.925. The first-order valence-corrected chi connectivity index (χ1v) is 8.83. The van der Waals surface area contributed by atoms with E-state index in [2.05, 4.69) is 9.71 Å². The molecular weight excluding hydrogens is 326 g/mol. The van der Waals surface area contributed by atoms with E-state index in [4.69, 9.17) is 0 Å². The number of para-hydroxylation sites is 1. The Morgan fingerprint density at radius 2 is 1.79 bits per heavy atom. The van der Waals surface area contributed by atoms with Crippen LogP contribution in [0.5, 0.6) is 0 Å². The van der Waals surface area contributed by atoms with E-state index in [9.17, 15) is 13.2 Å². The molecule has 0 radical (unpaired) electrons. The van der Waals surface area contributed by atoms with Gasteiger partial charge in [0, 0.05) is 18.3 Å². The minimum Gasteiger partial charge on any atom is -0.349 e. The first-order valence-electron chi connectivity index (χ1n) is 7.39. The van der Waals surface area contributed by atoms with Crippen molar-refractivity contribution >= 4 is 27.5 Å². The van der Waals surface area contributed by atoms with Gasteiger partial charge in [0.25, 0.3) is 10.0 Å². The second-order valence-corrected chi connectivity index (χ2v) is 7.18. The van der Waals surface area contributed by atoms with Crippen molar-refractivity contribution in [1.82, 2.24) is 4.90 Å². The zero-order valence-electron chi connectivity index (χ0n) is 13.4. The second-order valence-electron chi connectivity index (χ2n) is 5.61. The number of benzene rings is 2. The van der Waals surface area contributed by atoms with Crippen molar-refractivity contribution < 1.29 is 13.2 Å². The average molecular weight is 343 g/mol. The predicted molar refractivity (Wildman–Crippen MR) is 92.6 cm³/mol. The third kappa shape index (κ3) is 3.03. The van der Waals surface area contributed by atoms with Crippen LogP contribution in [0.25, 0.3) is 0 Å². The van der Waals surface area contributed by atoms with Gasteiger partial charge in [-0.2, -0.15) is 8.42 Å². The molecule has 24 heavy (non-hydrogen) atoms. The number of nitrogens with one attached hydrogen (secondary N) is 1. The number of likely N-dealkylation sites (N-methyl/N-ethyl adjacent to an activating group) is 1. The summed E-state index contributed by atoms with van der Waals surface area (Å²) in [6, 6.07) is 14.1. The highest BCUT2D eigenvalue weighted by Gasteiger charge is 2.30. The molecule has 0 saturated heterocycles. The molecule has 6 nitrogen and oxygen atoms in total. The average Bonchev–Trinajstić information content (AvgIpc) is 2.82. The number of nitrogens with zero attached hydrogens (tertiary/aromatic N) is 2. The Balaban J connectivity index is 1.78. The molecule has 1 N–H and O–H groups in total. The van der Waals surface area contributed by atoms with Gasteiger partial charge in [-0.05, 0) is 30.7 Å². The molecule has 2 aromatic carbocycles. The second kappa shape index (κ2) is 6.09. The Bertz CT molecular complexity index is 936. The lowest BCUT2D eigenvalue weighted by Gasteiger charge is -2.18. The Morgan fingerprint density at radius 1 is 1.12 bits per heavy atom. The molecule has 0 fully saturated rings. The number of sulfonamides is 1. The lowest BCUT2D eigenvalue weighted by Crippen LogP contribution is -2.35. The van der Waals surface area contributed by atoms with Gasteiger partial charge in [0.15, 0.2) is 5.84 Å². The van der Waals surface area contributed by atoms with E-state index in [-0.39, 0.29) is 23.2 Å². The van der Waals surface area contributed by atoms with Crippen LogP contribution in [0.1, 0.15) is 11.1 Å². The molecule has 0 aromatic heterocycles. The summed E-state index contributed by atoms with van der Waals surface area (Å²) in [5.41, 5.74) is 2.21. The van der Waals surface area contributed by atoms with Gasteiger partial charge in [0.05, 0.1) is 6.54 Å². The molecule has 2 aromatic rings. The Morgan fingerprint density at radius 3 is 2.54 bits per heavy atom. The zero-order valence-corrected chi connectivity index (χ0v) is 14.2. The third-order valence-electron chi connectivity index (χ3n) is 3.77. The van der Waals surface area contributed by atoms with E-state index < -0.39 is 10.0 Å². The van der Waals surface area contributed by atoms with Gasteiger partial charge in [-0.1, -0.05) is 30.3 Å². The van der Waals surface area contributed by atoms with Crippen molar-refractivity contribution in [3.05, 3.63) is 59.7 Å². The minimum absolute atomic E-state index is 0.00295. The molecule has 0 saturated carbocycles. The fourth-order valence-corrected chi connectivity index (χ4v) is 3.81. The summed E-state index contributed by atoms with van der Waals surface area (Å²) in [5.74, 6) is 0.0433. The molecule has 1 heterocycles. The lowest BCUT2D eigenvalue weighted by atomic mass is 10.2. The molecule has 1 amide bonds. The molecular formula is C17H17N3O3S.